The molecule has 4 aromatic rings. The molecule has 32 heavy (non-hydrogen) atoms. The second kappa shape index (κ2) is 9.47. The molecule has 0 aliphatic rings. The highest BCUT2D eigenvalue weighted by Crippen LogP contribution is 2.41. The average molecular weight is 431 g/mol. The number of hydrogen-bond donors (Lipinski definition) is 2. The van der Waals surface area contributed by atoms with E-state index in [-0.39, 0.29) is 5.75 Å². The van der Waals surface area contributed by atoms with Gasteiger partial charge >= 0.3 is 0 Å². The highest BCUT2D eigenvalue weighted by molar-refractivity contribution is 5.74. The molecule has 0 aliphatic carbocycles. The largest absolute Gasteiger partial charge is 0.507 e. The zero-order valence-corrected chi connectivity index (χ0v) is 18.4. The molecule has 0 fully saturated rings. The van der Waals surface area contributed by atoms with Crippen LogP contribution in [0.15, 0.2) is 66.7 Å². The average Bonchev–Trinajstić information content (AvgIpc) is 3.15. The number of hydrogen-bond acceptors (Lipinski definition) is 5. The number of para-hydroxylation sites is 2. The van der Waals surface area contributed by atoms with E-state index in [4.69, 9.17) is 14.2 Å². The third kappa shape index (κ3) is 4.70. The normalized spacial score (nSPS) is 10.7. The Labute approximate surface area is 187 Å². The number of ether oxygens (including phenoxy) is 3. The number of aromatic hydroxyl groups is 1. The topological polar surface area (TPSA) is 76.6 Å². The number of rotatable bonds is 8. The van der Waals surface area contributed by atoms with Gasteiger partial charge < -0.3 is 19.3 Å². The van der Waals surface area contributed by atoms with Gasteiger partial charge in [-0.25, -0.2) is 0 Å². The van der Waals surface area contributed by atoms with Gasteiger partial charge in [0.2, 0.25) is 0 Å². The molecule has 164 valence electrons. The lowest BCUT2D eigenvalue weighted by Gasteiger charge is -2.13. The molecule has 6 nitrogen and oxygen atoms in total. The van der Waals surface area contributed by atoms with Crippen molar-refractivity contribution in [3.8, 4) is 40.0 Å². The van der Waals surface area contributed by atoms with Crippen molar-refractivity contribution >= 4 is 0 Å². The Morgan fingerprint density at radius 3 is 2.38 bits per heavy atom. The van der Waals surface area contributed by atoms with Gasteiger partial charge in [-0.15, -0.1) is 0 Å². The summed E-state index contributed by atoms with van der Waals surface area (Å²) in [7, 11) is 0. The Hall–Kier alpha value is -3.93. The van der Waals surface area contributed by atoms with E-state index in [2.05, 4.69) is 10.2 Å². The Morgan fingerprint density at radius 2 is 1.66 bits per heavy atom. The van der Waals surface area contributed by atoms with Crippen LogP contribution in [-0.4, -0.2) is 21.9 Å². The molecule has 0 bridgehead atoms. The van der Waals surface area contributed by atoms with Crippen LogP contribution < -0.4 is 14.2 Å². The quantitative estimate of drug-likeness (QED) is 0.350. The van der Waals surface area contributed by atoms with Crippen molar-refractivity contribution in [2.24, 2.45) is 0 Å². The van der Waals surface area contributed by atoms with E-state index in [1.54, 1.807) is 12.1 Å². The monoisotopic (exact) mass is 430 g/mol. The first-order valence-electron chi connectivity index (χ1n) is 10.5. The van der Waals surface area contributed by atoms with Crippen LogP contribution in [0.4, 0.5) is 0 Å². The smallest absolute Gasteiger partial charge is 0.176 e. The van der Waals surface area contributed by atoms with Gasteiger partial charge in [-0.2, -0.15) is 5.10 Å². The SMILES string of the molecule is CCOc1ccccc1Oc1c(-c2ccc(OCc3ccc(C)cc3)cc2O)n[nH]c1C. The predicted molar refractivity (Wildman–Crippen MR) is 124 cm³/mol. The second-order valence-corrected chi connectivity index (χ2v) is 7.46. The Kier molecular flexibility index (Phi) is 6.31. The first-order chi connectivity index (χ1) is 15.5. The van der Waals surface area contributed by atoms with E-state index in [0.29, 0.717) is 47.5 Å². The molecule has 6 heteroatoms. The molecule has 0 spiro atoms. The second-order valence-electron chi connectivity index (χ2n) is 7.46. The minimum Gasteiger partial charge on any atom is -0.507 e. The third-order valence-electron chi connectivity index (χ3n) is 5.00. The van der Waals surface area contributed by atoms with Crippen LogP contribution in [0.2, 0.25) is 0 Å². The molecule has 0 saturated heterocycles. The molecule has 1 heterocycles. The third-order valence-corrected chi connectivity index (χ3v) is 5.00. The van der Waals surface area contributed by atoms with Crippen molar-refractivity contribution in [3.63, 3.8) is 0 Å². The molecular weight excluding hydrogens is 404 g/mol. The van der Waals surface area contributed by atoms with E-state index in [0.717, 1.165) is 11.3 Å². The van der Waals surface area contributed by atoms with Gasteiger partial charge in [0.1, 0.15) is 23.8 Å². The molecule has 0 atom stereocenters. The summed E-state index contributed by atoms with van der Waals surface area (Å²) in [4.78, 5) is 0. The minimum atomic E-state index is 0.0563. The van der Waals surface area contributed by atoms with Crippen molar-refractivity contribution in [3.05, 3.63) is 83.6 Å². The summed E-state index contributed by atoms with van der Waals surface area (Å²) in [5.74, 6) is 2.38. The molecule has 2 N–H and O–H groups in total. The lowest BCUT2D eigenvalue weighted by atomic mass is 10.1. The van der Waals surface area contributed by atoms with Crippen molar-refractivity contribution in [1.82, 2.24) is 10.2 Å². The number of H-pyrrole nitrogens is 1. The first-order valence-corrected chi connectivity index (χ1v) is 10.5. The van der Waals surface area contributed by atoms with Crippen LogP contribution in [0.1, 0.15) is 23.7 Å². The predicted octanol–water partition coefficient (Wildman–Crippen LogP) is 6.17. The fraction of sp³-hybridized carbons (Fsp3) is 0.192. The lowest BCUT2D eigenvalue weighted by molar-refractivity contribution is 0.304. The Morgan fingerprint density at radius 1 is 0.906 bits per heavy atom. The van der Waals surface area contributed by atoms with Gasteiger partial charge in [-0.05, 0) is 50.6 Å². The Bertz CT molecular complexity index is 1200. The zero-order valence-electron chi connectivity index (χ0n) is 18.4. The number of benzene rings is 3. The number of aromatic nitrogens is 2. The van der Waals surface area contributed by atoms with Crippen molar-refractivity contribution in [2.45, 2.75) is 27.4 Å². The van der Waals surface area contributed by atoms with Crippen molar-refractivity contribution in [2.75, 3.05) is 6.61 Å². The number of phenolic OH excluding ortho intramolecular Hbond substituents is 1. The van der Waals surface area contributed by atoms with Crippen LogP contribution in [0.25, 0.3) is 11.3 Å². The molecular formula is C26H26N2O4. The number of nitrogens with one attached hydrogen (secondary N) is 1. The van der Waals surface area contributed by atoms with E-state index in [1.165, 1.54) is 5.56 Å². The Balaban J connectivity index is 1.56. The summed E-state index contributed by atoms with van der Waals surface area (Å²) in [6.07, 6.45) is 0. The highest BCUT2D eigenvalue weighted by Gasteiger charge is 2.19. The van der Waals surface area contributed by atoms with Crippen LogP contribution >= 0.6 is 0 Å². The highest BCUT2D eigenvalue weighted by atomic mass is 16.5. The van der Waals surface area contributed by atoms with Gasteiger partial charge in [0, 0.05) is 11.6 Å². The maximum Gasteiger partial charge on any atom is 0.176 e. The number of aryl methyl sites for hydroxylation is 2. The molecule has 0 aliphatic heterocycles. The van der Waals surface area contributed by atoms with Gasteiger partial charge in [0.25, 0.3) is 0 Å². The standard InChI is InChI=1S/C26H26N2O4/c1-4-30-23-7-5-6-8-24(23)32-26-18(3)27-28-25(26)21-14-13-20(15-22(21)29)31-16-19-11-9-17(2)10-12-19/h5-15,29H,4,16H2,1-3H3,(H,27,28). The summed E-state index contributed by atoms with van der Waals surface area (Å²) in [5, 5.41) is 18.0. The zero-order chi connectivity index (χ0) is 22.5. The first kappa shape index (κ1) is 21.3. The fourth-order valence-electron chi connectivity index (χ4n) is 3.30. The molecule has 4 rings (SSSR count). The van der Waals surface area contributed by atoms with Gasteiger partial charge in [-0.1, -0.05) is 42.0 Å². The van der Waals surface area contributed by atoms with Gasteiger partial charge in [0.05, 0.1) is 12.3 Å². The number of nitrogens with zero attached hydrogens (tertiary/aromatic N) is 1. The summed E-state index contributed by atoms with van der Waals surface area (Å²) in [5.41, 5.74) is 4.06. The summed E-state index contributed by atoms with van der Waals surface area (Å²) in [6, 6.07) is 20.8. The van der Waals surface area contributed by atoms with Crippen LogP contribution in [0.3, 0.4) is 0 Å². The minimum absolute atomic E-state index is 0.0563. The number of phenols is 1. The van der Waals surface area contributed by atoms with Crippen molar-refractivity contribution < 1.29 is 19.3 Å². The maximum atomic E-state index is 10.7. The number of aromatic amines is 1. The summed E-state index contributed by atoms with van der Waals surface area (Å²) in [6.45, 7) is 6.79. The van der Waals surface area contributed by atoms with Crippen LogP contribution in [-0.2, 0) is 6.61 Å². The van der Waals surface area contributed by atoms with E-state index in [1.807, 2.05) is 75.4 Å². The van der Waals surface area contributed by atoms with E-state index < -0.39 is 0 Å². The van der Waals surface area contributed by atoms with E-state index >= 15 is 0 Å². The molecule has 1 aromatic heterocycles. The fourth-order valence-corrected chi connectivity index (χ4v) is 3.30. The lowest BCUT2D eigenvalue weighted by Crippen LogP contribution is -1.96. The van der Waals surface area contributed by atoms with Crippen molar-refractivity contribution in [1.29, 1.82) is 0 Å². The van der Waals surface area contributed by atoms with Gasteiger partial charge in [0.15, 0.2) is 17.2 Å². The van der Waals surface area contributed by atoms with Crippen LogP contribution in [0, 0.1) is 13.8 Å². The molecule has 0 radical (unpaired) electrons. The van der Waals surface area contributed by atoms with Gasteiger partial charge in [-0.3, -0.25) is 5.10 Å². The maximum absolute atomic E-state index is 10.7. The summed E-state index contributed by atoms with van der Waals surface area (Å²) >= 11 is 0. The molecule has 0 saturated carbocycles. The summed E-state index contributed by atoms with van der Waals surface area (Å²) < 4.78 is 17.7. The van der Waals surface area contributed by atoms with Crippen LogP contribution in [0.5, 0.6) is 28.7 Å². The molecule has 0 unspecified atom stereocenters. The molecule has 0 amide bonds. The molecule has 3 aromatic carbocycles. The van der Waals surface area contributed by atoms with E-state index in [9.17, 15) is 5.11 Å².